The number of hydrogen-bond acceptors (Lipinski definition) is 2. The lowest BCUT2D eigenvalue weighted by atomic mass is 10.1. The maximum atomic E-state index is 3.63. The van der Waals surface area contributed by atoms with E-state index in [1.807, 2.05) is 0 Å². The van der Waals surface area contributed by atoms with Gasteiger partial charge in [-0.25, -0.2) is 0 Å². The SMILES string of the molecule is c1ccc2c(c1)Cc1cc(NC3CCNC3)ccc1-2. The summed E-state index contributed by atoms with van der Waals surface area (Å²) in [4.78, 5) is 0. The molecule has 0 bridgehead atoms. The zero-order valence-electron chi connectivity index (χ0n) is 10.9. The summed E-state index contributed by atoms with van der Waals surface area (Å²) >= 11 is 0. The molecule has 1 atom stereocenters. The van der Waals surface area contributed by atoms with Crippen LogP contribution in [0.4, 0.5) is 5.69 Å². The maximum Gasteiger partial charge on any atom is 0.0398 e. The van der Waals surface area contributed by atoms with Gasteiger partial charge in [0.1, 0.15) is 0 Å². The number of nitrogens with one attached hydrogen (secondary N) is 2. The summed E-state index contributed by atoms with van der Waals surface area (Å²) in [6.45, 7) is 2.21. The average Bonchev–Trinajstić information content (AvgIpc) is 3.05. The van der Waals surface area contributed by atoms with Crippen molar-refractivity contribution in [2.75, 3.05) is 18.4 Å². The Morgan fingerprint density at radius 2 is 1.89 bits per heavy atom. The molecule has 96 valence electrons. The molecule has 2 nitrogen and oxygen atoms in total. The van der Waals surface area contributed by atoms with Crippen LogP contribution in [0.3, 0.4) is 0 Å². The van der Waals surface area contributed by atoms with Crippen molar-refractivity contribution in [3.05, 3.63) is 53.6 Å². The van der Waals surface area contributed by atoms with E-state index in [1.165, 1.54) is 34.4 Å². The number of fused-ring (bicyclic) bond motifs is 3. The van der Waals surface area contributed by atoms with Gasteiger partial charge in [0.25, 0.3) is 0 Å². The third-order valence-corrected chi connectivity index (χ3v) is 4.22. The summed E-state index contributed by atoms with van der Waals surface area (Å²) in [6.07, 6.45) is 2.29. The van der Waals surface area contributed by atoms with Crippen molar-refractivity contribution in [3.8, 4) is 11.1 Å². The second-order valence-corrected chi connectivity index (χ2v) is 5.54. The quantitative estimate of drug-likeness (QED) is 0.730. The highest BCUT2D eigenvalue weighted by atomic mass is 15.0. The summed E-state index contributed by atoms with van der Waals surface area (Å²) in [5.74, 6) is 0. The van der Waals surface area contributed by atoms with E-state index in [-0.39, 0.29) is 0 Å². The standard InChI is InChI=1S/C17H18N2/c1-2-4-16-12(3-1)9-13-10-14(5-6-17(13)16)19-15-7-8-18-11-15/h1-6,10,15,18-19H,7-9,11H2. The van der Waals surface area contributed by atoms with E-state index in [4.69, 9.17) is 0 Å². The summed E-state index contributed by atoms with van der Waals surface area (Å²) in [6, 6.07) is 16.1. The van der Waals surface area contributed by atoms with Crippen molar-refractivity contribution in [3.63, 3.8) is 0 Å². The predicted molar refractivity (Wildman–Crippen MR) is 79.6 cm³/mol. The highest BCUT2D eigenvalue weighted by molar-refractivity contribution is 5.78. The fraction of sp³-hybridized carbons (Fsp3) is 0.294. The average molecular weight is 250 g/mol. The second kappa shape index (κ2) is 4.39. The van der Waals surface area contributed by atoms with Crippen molar-refractivity contribution in [1.29, 1.82) is 0 Å². The summed E-state index contributed by atoms with van der Waals surface area (Å²) in [5.41, 5.74) is 6.99. The lowest BCUT2D eigenvalue weighted by Crippen LogP contribution is -2.22. The normalized spacial score (nSPS) is 20.1. The van der Waals surface area contributed by atoms with Gasteiger partial charge >= 0.3 is 0 Å². The minimum Gasteiger partial charge on any atom is -0.381 e. The van der Waals surface area contributed by atoms with Gasteiger partial charge in [0.2, 0.25) is 0 Å². The smallest absolute Gasteiger partial charge is 0.0398 e. The Kier molecular flexibility index (Phi) is 2.56. The van der Waals surface area contributed by atoms with Crippen LogP contribution >= 0.6 is 0 Å². The van der Waals surface area contributed by atoms with Gasteiger partial charge in [-0.2, -0.15) is 0 Å². The molecule has 0 radical (unpaired) electrons. The van der Waals surface area contributed by atoms with Crippen LogP contribution < -0.4 is 10.6 Å². The largest absolute Gasteiger partial charge is 0.381 e. The Balaban J connectivity index is 1.64. The van der Waals surface area contributed by atoms with Crippen LogP contribution in [-0.2, 0) is 6.42 Å². The third kappa shape index (κ3) is 1.92. The highest BCUT2D eigenvalue weighted by Crippen LogP contribution is 2.37. The first kappa shape index (κ1) is 11.1. The van der Waals surface area contributed by atoms with Crippen LogP contribution in [0.15, 0.2) is 42.5 Å². The first-order chi connectivity index (χ1) is 9.40. The van der Waals surface area contributed by atoms with Gasteiger partial charge in [-0.1, -0.05) is 30.3 Å². The fourth-order valence-corrected chi connectivity index (χ4v) is 3.25. The van der Waals surface area contributed by atoms with E-state index in [0.717, 1.165) is 19.5 Å². The molecular formula is C17H18N2. The molecule has 0 amide bonds. The van der Waals surface area contributed by atoms with Crippen LogP contribution in [0.2, 0.25) is 0 Å². The second-order valence-electron chi connectivity index (χ2n) is 5.54. The van der Waals surface area contributed by atoms with Crippen molar-refractivity contribution in [1.82, 2.24) is 5.32 Å². The minimum atomic E-state index is 0.585. The molecule has 1 saturated heterocycles. The van der Waals surface area contributed by atoms with Gasteiger partial charge in [-0.3, -0.25) is 0 Å². The lowest BCUT2D eigenvalue weighted by Gasteiger charge is -2.14. The molecule has 2 heteroatoms. The van der Waals surface area contributed by atoms with E-state index in [9.17, 15) is 0 Å². The zero-order valence-corrected chi connectivity index (χ0v) is 10.9. The van der Waals surface area contributed by atoms with E-state index < -0.39 is 0 Å². The minimum absolute atomic E-state index is 0.585. The molecule has 1 aliphatic carbocycles. The van der Waals surface area contributed by atoms with Crippen molar-refractivity contribution < 1.29 is 0 Å². The van der Waals surface area contributed by atoms with Gasteiger partial charge in [-0.05, 0) is 53.8 Å². The Morgan fingerprint density at radius 1 is 1.00 bits per heavy atom. The molecule has 1 aliphatic heterocycles. The van der Waals surface area contributed by atoms with Crippen LogP contribution in [0, 0.1) is 0 Å². The van der Waals surface area contributed by atoms with Gasteiger partial charge in [0, 0.05) is 18.3 Å². The molecule has 1 unspecified atom stereocenters. The molecule has 1 fully saturated rings. The molecular weight excluding hydrogens is 232 g/mol. The molecule has 2 aromatic carbocycles. The molecule has 0 saturated carbocycles. The van der Waals surface area contributed by atoms with Gasteiger partial charge in [0.05, 0.1) is 0 Å². The van der Waals surface area contributed by atoms with Gasteiger partial charge in [0.15, 0.2) is 0 Å². The first-order valence-electron chi connectivity index (χ1n) is 7.08. The molecule has 0 spiro atoms. The van der Waals surface area contributed by atoms with E-state index in [1.54, 1.807) is 0 Å². The molecule has 19 heavy (non-hydrogen) atoms. The van der Waals surface area contributed by atoms with E-state index >= 15 is 0 Å². The van der Waals surface area contributed by atoms with Gasteiger partial charge < -0.3 is 10.6 Å². The van der Waals surface area contributed by atoms with Crippen LogP contribution in [0.25, 0.3) is 11.1 Å². The first-order valence-corrected chi connectivity index (χ1v) is 7.08. The number of benzene rings is 2. The lowest BCUT2D eigenvalue weighted by molar-refractivity contribution is 0.793. The summed E-state index contributed by atoms with van der Waals surface area (Å²) in [7, 11) is 0. The Morgan fingerprint density at radius 3 is 2.79 bits per heavy atom. The number of anilines is 1. The Labute approximate surface area is 113 Å². The Bertz CT molecular complexity index is 612. The molecule has 0 aromatic heterocycles. The predicted octanol–water partition coefficient (Wildman–Crippen LogP) is 3.03. The Hall–Kier alpha value is -1.80. The van der Waals surface area contributed by atoms with Crippen LogP contribution in [-0.4, -0.2) is 19.1 Å². The number of rotatable bonds is 2. The molecule has 2 aromatic rings. The maximum absolute atomic E-state index is 3.63. The topological polar surface area (TPSA) is 24.1 Å². The van der Waals surface area contributed by atoms with Crippen molar-refractivity contribution >= 4 is 5.69 Å². The number of hydrogen-bond donors (Lipinski definition) is 2. The molecule has 1 heterocycles. The van der Waals surface area contributed by atoms with E-state index in [2.05, 4.69) is 53.1 Å². The fourth-order valence-electron chi connectivity index (χ4n) is 3.25. The third-order valence-electron chi connectivity index (χ3n) is 4.22. The van der Waals surface area contributed by atoms with Crippen LogP contribution in [0.5, 0.6) is 0 Å². The van der Waals surface area contributed by atoms with Crippen molar-refractivity contribution in [2.45, 2.75) is 18.9 Å². The van der Waals surface area contributed by atoms with Gasteiger partial charge in [-0.15, -0.1) is 0 Å². The van der Waals surface area contributed by atoms with Crippen LogP contribution in [0.1, 0.15) is 17.5 Å². The van der Waals surface area contributed by atoms with Crippen molar-refractivity contribution in [2.24, 2.45) is 0 Å². The zero-order chi connectivity index (χ0) is 12.7. The molecule has 2 N–H and O–H groups in total. The summed E-state index contributed by atoms with van der Waals surface area (Å²) < 4.78 is 0. The monoisotopic (exact) mass is 250 g/mol. The van der Waals surface area contributed by atoms with E-state index in [0.29, 0.717) is 6.04 Å². The highest BCUT2D eigenvalue weighted by Gasteiger charge is 2.19. The molecule has 4 rings (SSSR count). The summed E-state index contributed by atoms with van der Waals surface area (Å²) in [5, 5.41) is 7.03. The molecule has 2 aliphatic rings.